The molecule has 1 aromatic heterocycles. The van der Waals surface area contributed by atoms with Crippen LogP contribution in [0, 0.1) is 0 Å². The molecule has 1 saturated heterocycles. The third-order valence-electron chi connectivity index (χ3n) is 2.43. The maximum Gasteiger partial charge on any atom is 0.0758 e. The van der Waals surface area contributed by atoms with Crippen molar-refractivity contribution in [3.05, 3.63) is 29.0 Å². The number of nitrogens with zero attached hydrogens (tertiary/aromatic N) is 1. The molecule has 1 aliphatic rings. The van der Waals surface area contributed by atoms with Gasteiger partial charge in [-0.15, -0.1) is 0 Å². The molecule has 0 bridgehead atoms. The summed E-state index contributed by atoms with van der Waals surface area (Å²) in [4.78, 5) is 4.31. The third kappa shape index (κ3) is 2.01. The predicted molar refractivity (Wildman–Crippen MR) is 53.8 cm³/mol. The summed E-state index contributed by atoms with van der Waals surface area (Å²) in [7, 11) is 0. The van der Waals surface area contributed by atoms with Crippen LogP contribution < -0.4 is 5.32 Å². The fraction of sp³-hybridized carbons (Fsp3) is 0.500. The molecule has 1 fully saturated rings. The highest BCUT2D eigenvalue weighted by molar-refractivity contribution is 6.31. The summed E-state index contributed by atoms with van der Waals surface area (Å²) in [5.74, 6) is 0. The van der Waals surface area contributed by atoms with Gasteiger partial charge in [0.15, 0.2) is 0 Å². The van der Waals surface area contributed by atoms with Crippen LogP contribution in [0.1, 0.15) is 31.0 Å². The number of halogens is 1. The zero-order valence-corrected chi connectivity index (χ0v) is 8.22. The molecule has 0 saturated carbocycles. The lowest BCUT2D eigenvalue weighted by atomic mass is 10.0. The van der Waals surface area contributed by atoms with Crippen molar-refractivity contribution in [1.29, 1.82) is 0 Å². The van der Waals surface area contributed by atoms with Crippen molar-refractivity contribution in [1.82, 2.24) is 10.3 Å². The summed E-state index contributed by atoms with van der Waals surface area (Å²) in [6.45, 7) is 1.08. The zero-order chi connectivity index (χ0) is 9.10. The minimum absolute atomic E-state index is 0.363. The maximum absolute atomic E-state index is 6.06. The van der Waals surface area contributed by atoms with Gasteiger partial charge in [0.25, 0.3) is 0 Å². The Kier molecular flexibility index (Phi) is 2.81. The Hall–Kier alpha value is -0.600. The van der Waals surface area contributed by atoms with Gasteiger partial charge in [0.1, 0.15) is 0 Å². The van der Waals surface area contributed by atoms with Crippen LogP contribution in [0.15, 0.2) is 18.3 Å². The molecule has 0 amide bonds. The van der Waals surface area contributed by atoms with E-state index in [1.54, 1.807) is 6.20 Å². The molecule has 1 atom stereocenters. The molecule has 2 nitrogen and oxygen atoms in total. The number of pyridine rings is 1. The third-order valence-corrected chi connectivity index (χ3v) is 2.75. The van der Waals surface area contributed by atoms with Gasteiger partial charge >= 0.3 is 0 Å². The molecule has 2 heterocycles. The summed E-state index contributed by atoms with van der Waals surface area (Å²) in [5.41, 5.74) is 1.00. The average Bonchev–Trinajstić information content (AvgIpc) is 2.20. The topological polar surface area (TPSA) is 24.9 Å². The van der Waals surface area contributed by atoms with E-state index in [1.807, 2.05) is 12.1 Å². The van der Waals surface area contributed by atoms with Crippen molar-refractivity contribution >= 4 is 11.6 Å². The van der Waals surface area contributed by atoms with Crippen LogP contribution in [0.5, 0.6) is 0 Å². The van der Waals surface area contributed by atoms with E-state index < -0.39 is 0 Å². The first kappa shape index (κ1) is 8.97. The summed E-state index contributed by atoms with van der Waals surface area (Å²) < 4.78 is 0. The first-order valence-electron chi connectivity index (χ1n) is 4.72. The van der Waals surface area contributed by atoms with E-state index in [0.717, 1.165) is 23.7 Å². The van der Waals surface area contributed by atoms with E-state index in [9.17, 15) is 0 Å². The monoisotopic (exact) mass is 196 g/mol. The molecule has 70 valence electrons. The van der Waals surface area contributed by atoms with Crippen molar-refractivity contribution in [2.75, 3.05) is 6.54 Å². The highest BCUT2D eigenvalue weighted by atomic mass is 35.5. The zero-order valence-electron chi connectivity index (χ0n) is 7.46. The summed E-state index contributed by atoms with van der Waals surface area (Å²) in [5, 5.41) is 4.21. The second-order valence-electron chi connectivity index (χ2n) is 3.37. The van der Waals surface area contributed by atoms with Crippen molar-refractivity contribution in [2.24, 2.45) is 0 Å². The Bertz CT molecular complexity index is 282. The van der Waals surface area contributed by atoms with Crippen molar-refractivity contribution < 1.29 is 0 Å². The van der Waals surface area contributed by atoms with Gasteiger partial charge in [-0.25, -0.2) is 0 Å². The number of piperidine rings is 1. The molecule has 0 aromatic carbocycles. The van der Waals surface area contributed by atoms with Crippen molar-refractivity contribution in [3.63, 3.8) is 0 Å². The summed E-state index contributed by atoms with van der Waals surface area (Å²) in [6, 6.07) is 4.14. The van der Waals surface area contributed by atoms with E-state index in [0.29, 0.717) is 6.04 Å². The Morgan fingerprint density at radius 2 is 2.38 bits per heavy atom. The second-order valence-corrected chi connectivity index (χ2v) is 3.78. The van der Waals surface area contributed by atoms with Crippen LogP contribution in [0.2, 0.25) is 5.02 Å². The van der Waals surface area contributed by atoms with E-state index in [2.05, 4.69) is 10.3 Å². The Balaban J connectivity index is 2.18. The molecule has 1 aliphatic heterocycles. The smallest absolute Gasteiger partial charge is 0.0758 e. The van der Waals surface area contributed by atoms with Gasteiger partial charge in [-0.1, -0.05) is 18.0 Å². The van der Waals surface area contributed by atoms with Crippen LogP contribution in [-0.4, -0.2) is 11.5 Å². The molecule has 1 N–H and O–H groups in total. The lowest BCUT2D eigenvalue weighted by Crippen LogP contribution is -2.27. The lowest BCUT2D eigenvalue weighted by Gasteiger charge is -2.23. The molecule has 13 heavy (non-hydrogen) atoms. The second kappa shape index (κ2) is 4.07. The lowest BCUT2D eigenvalue weighted by molar-refractivity contribution is 0.405. The van der Waals surface area contributed by atoms with Gasteiger partial charge in [-0.2, -0.15) is 0 Å². The minimum Gasteiger partial charge on any atom is -0.309 e. The predicted octanol–water partition coefficient (Wildman–Crippen LogP) is 2.55. The fourth-order valence-electron chi connectivity index (χ4n) is 1.74. The Labute approximate surface area is 83.3 Å². The van der Waals surface area contributed by atoms with Crippen LogP contribution in [-0.2, 0) is 0 Å². The van der Waals surface area contributed by atoms with E-state index >= 15 is 0 Å². The van der Waals surface area contributed by atoms with Crippen molar-refractivity contribution in [2.45, 2.75) is 25.3 Å². The highest BCUT2D eigenvalue weighted by Crippen LogP contribution is 2.26. The number of aromatic nitrogens is 1. The molecule has 1 aromatic rings. The minimum atomic E-state index is 0.363. The quantitative estimate of drug-likeness (QED) is 0.747. The molecule has 0 aliphatic carbocycles. The molecule has 0 radical (unpaired) electrons. The van der Waals surface area contributed by atoms with Gasteiger partial charge in [0, 0.05) is 6.20 Å². The molecular formula is C10H13ClN2. The van der Waals surface area contributed by atoms with Gasteiger partial charge in [0.2, 0.25) is 0 Å². The first-order valence-corrected chi connectivity index (χ1v) is 5.09. The average molecular weight is 197 g/mol. The summed E-state index contributed by atoms with van der Waals surface area (Å²) in [6.07, 6.45) is 5.49. The van der Waals surface area contributed by atoms with E-state index in [4.69, 9.17) is 11.6 Å². The SMILES string of the molecule is Clc1cccnc1[C@@H]1CCCCN1. The standard InChI is InChI=1S/C10H13ClN2/c11-8-4-3-7-13-10(8)9-5-1-2-6-12-9/h3-4,7,9,12H,1-2,5-6H2/t9-/m0/s1. The highest BCUT2D eigenvalue weighted by Gasteiger charge is 2.17. The van der Waals surface area contributed by atoms with Gasteiger partial charge in [0.05, 0.1) is 16.8 Å². The largest absolute Gasteiger partial charge is 0.309 e. The number of nitrogens with one attached hydrogen (secondary N) is 1. The molecule has 2 rings (SSSR count). The first-order chi connectivity index (χ1) is 6.38. The number of hydrogen-bond donors (Lipinski definition) is 1. The van der Waals surface area contributed by atoms with E-state index in [-0.39, 0.29) is 0 Å². The number of hydrogen-bond acceptors (Lipinski definition) is 2. The maximum atomic E-state index is 6.06. The van der Waals surface area contributed by atoms with E-state index in [1.165, 1.54) is 12.8 Å². The van der Waals surface area contributed by atoms with Crippen LogP contribution in [0.3, 0.4) is 0 Å². The van der Waals surface area contributed by atoms with Gasteiger partial charge < -0.3 is 5.32 Å². The number of rotatable bonds is 1. The van der Waals surface area contributed by atoms with Gasteiger partial charge in [-0.3, -0.25) is 4.98 Å². The molecule has 3 heteroatoms. The van der Waals surface area contributed by atoms with Crippen LogP contribution in [0.4, 0.5) is 0 Å². The fourth-order valence-corrected chi connectivity index (χ4v) is 1.99. The normalized spacial score (nSPS) is 23.0. The molecular weight excluding hydrogens is 184 g/mol. The van der Waals surface area contributed by atoms with Crippen molar-refractivity contribution in [3.8, 4) is 0 Å². The van der Waals surface area contributed by atoms with Crippen LogP contribution >= 0.6 is 11.6 Å². The van der Waals surface area contributed by atoms with Crippen LogP contribution in [0.25, 0.3) is 0 Å². The Morgan fingerprint density at radius 1 is 1.46 bits per heavy atom. The summed E-state index contributed by atoms with van der Waals surface area (Å²) >= 11 is 6.06. The Morgan fingerprint density at radius 3 is 3.08 bits per heavy atom. The van der Waals surface area contributed by atoms with Gasteiger partial charge in [-0.05, 0) is 31.5 Å². The molecule has 0 unspecified atom stereocenters. The molecule has 0 spiro atoms.